The van der Waals surface area contributed by atoms with Crippen molar-refractivity contribution in [2.45, 2.75) is 38.8 Å². The quantitative estimate of drug-likeness (QED) is 0.757. The highest BCUT2D eigenvalue weighted by Crippen LogP contribution is 2.17. The Bertz CT molecular complexity index is 285. The molecule has 0 atom stereocenters. The molecule has 1 aromatic rings. The van der Waals surface area contributed by atoms with Gasteiger partial charge in [-0.3, -0.25) is 4.68 Å². The highest BCUT2D eigenvalue weighted by atomic mass is 35.5. The van der Waals surface area contributed by atoms with Crippen molar-refractivity contribution in [3.05, 3.63) is 12.2 Å². The lowest BCUT2D eigenvalue weighted by Gasteiger charge is -2.30. The van der Waals surface area contributed by atoms with Crippen molar-refractivity contribution < 1.29 is 0 Å². The Morgan fingerprint density at radius 3 is 2.53 bits per heavy atom. The fourth-order valence-electron chi connectivity index (χ4n) is 1.48. The first-order valence-corrected chi connectivity index (χ1v) is 5.84. The lowest BCUT2D eigenvalue weighted by Crippen LogP contribution is -2.45. The molecule has 1 aromatic heterocycles. The van der Waals surface area contributed by atoms with E-state index >= 15 is 0 Å². The molecule has 86 valence electrons. The van der Waals surface area contributed by atoms with Gasteiger partial charge in [-0.2, -0.15) is 5.10 Å². The molecule has 0 aliphatic heterocycles. The predicted molar refractivity (Wildman–Crippen MR) is 61.9 cm³/mol. The zero-order valence-electron chi connectivity index (χ0n) is 9.63. The number of nitrogens with zero attached hydrogens (tertiary/aromatic N) is 3. The van der Waals surface area contributed by atoms with Gasteiger partial charge in [-0.05, 0) is 12.8 Å². The largest absolute Gasteiger partial charge is 0.303 e. The minimum atomic E-state index is 0.0213. The van der Waals surface area contributed by atoms with Crippen LogP contribution in [0.2, 0.25) is 0 Å². The van der Waals surface area contributed by atoms with Crippen molar-refractivity contribution in [2.75, 3.05) is 5.88 Å². The topological polar surface area (TPSA) is 42.7 Å². The van der Waals surface area contributed by atoms with Gasteiger partial charge in [0.15, 0.2) is 0 Å². The maximum atomic E-state index is 6.00. The first-order valence-electron chi connectivity index (χ1n) is 5.31. The molecule has 1 heterocycles. The third-order valence-corrected chi connectivity index (χ3v) is 3.55. The number of aryl methyl sites for hydroxylation is 1. The standard InChI is InChI=1S/C10H19ClN4/c1-4-10(5-2,7-11)13-6-9-12-8-14-15(9)3/h8,13H,4-7H2,1-3H3. The van der Waals surface area contributed by atoms with Crippen LogP contribution >= 0.6 is 11.6 Å². The van der Waals surface area contributed by atoms with E-state index in [9.17, 15) is 0 Å². The van der Waals surface area contributed by atoms with E-state index in [4.69, 9.17) is 11.6 Å². The first kappa shape index (κ1) is 12.5. The van der Waals surface area contributed by atoms with Crippen LogP contribution in [-0.2, 0) is 13.6 Å². The molecular formula is C10H19ClN4. The average Bonchev–Trinajstić information content (AvgIpc) is 2.67. The molecule has 0 spiro atoms. The van der Waals surface area contributed by atoms with Crippen LogP contribution in [0.5, 0.6) is 0 Å². The van der Waals surface area contributed by atoms with Crippen LogP contribution in [0.25, 0.3) is 0 Å². The van der Waals surface area contributed by atoms with Crippen LogP contribution in [0.3, 0.4) is 0 Å². The maximum absolute atomic E-state index is 6.00. The van der Waals surface area contributed by atoms with E-state index in [1.807, 2.05) is 7.05 Å². The minimum Gasteiger partial charge on any atom is -0.303 e. The van der Waals surface area contributed by atoms with Crippen molar-refractivity contribution in [3.63, 3.8) is 0 Å². The summed E-state index contributed by atoms with van der Waals surface area (Å²) in [5, 5.41) is 7.50. The zero-order valence-corrected chi connectivity index (χ0v) is 10.4. The number of hydrogen-bond acceptors (Lipinski definition) is 3. The van der Waals surface area contributed by atoms with Gasteiger partial charge < -0.3 is 5.32 Å². The van der Waals surface area contributed by atoms with Crippen LogP contribution < -0.4 is 5.32 Å². The van der Waals surface area contributed by atoms with Crippen molar-refractivity contribution in [2.24, 2.45) is 7.05 Å². The van der Waals surface area contributed by atoms with Crippen LogP contribution in [0, 0.1) is 0 Å². The summed E-state index contributed by atoms with van der Waals surface area (Å²) in [5.74, 6) is 1.56. The molecule has 1 rings (SSSR count). The van der Waals surface area contributed by atoms with Crippen molar-refractivity contribution in [1.29, 1.82) is 0 Å². The number of rotatable bonds is 6. The molecule has 4 nitrogen and oxygen atoms in total. The number of hydrogen-bond donors (Lipinski definition) is 1. The van der Waals surface area contributed by atoms with Gasteiger partial charge in [-0.15, -0.1) is 11.6 Å². The van der Waals surface area contributed by atoms with Gasteiger partial charge in [0.1, 0.15) is 12.2 Å². The molecule has 0 fully saturated rings. The van der Waals surface area contributed by atoms with Gasteiger partial charge in [0.05, 0.1) is 6.54 Å². The SMILES string of the molecule is CCC(CC)(CCl)NCc1ncnn1C. The smallest absolute Gasteiger partial charge is 0.140 e. The van der Waals surface area contributed by atoms with E-state index in [0.29, 0.717) is 12.4 Å². The molecule has 0 saturated heterocycles. The number of halogens is 1. The Morgan fingerprint density at radius 2 is 2.13 bits per heavy atom. The van der Waals surface area contributed by atoms with Crippen LogP contribution in [0.1, 0.15) is 32.5 Å². The molecule has 0 aliphatic rings. The van der Waals surface area contributed by atoms with Crippen LogP contribution in [0.15, 0.2) is 6.33 Å². The summed E-state index contributed by atoms with van der Waals surface area (Å²) in [4.78, 5) is 4.17. The molecule has 0 amide bonds. The molecule has 1 N–H and O–H groups in total. The van der Waals surface area contributed by atoms with E-state index < -0.39 is 0 Å². The molecule has 0 bridgehead atoms. The molecule has 5 heteroatoms. The Kier molecular flexibility index (Phi) is 4.54. The second-order valence-corrected chi connectivity index (χ2v) is 4.04. The van der Waals surface area contributed by atoms with Gasteiger partial charge in [0.25, 0.3) is 0 Å². The molecular weight excluding hydrogens is 212 g/mol. The van der Waals surface area contributed by atoms with Crippen molar-refractivity contribution in [1.82, 2.24) is 20.1 Å². The molecule has 0 aliphatic carbocycles. The summed E-state index contributed by atoms with van der Waals surface area (Å²) in [5.41, 5.74) is 0.0213. The normalized spacial score (nSPS) is 12.0. The van der Waals surface area contributed by atoms with Gasteiger partial charge in [0, 0.05) is 18.5 Å². The summed E-state index contributed by atoms with van der Waals surface area (Å²) in [6.07, 6.45) is 3.60. The predicted octanol–water partition coefficient (Wildman–Crippen LogP) is 1.70. The Labute approximate surface area is 96.0 Å². The summed E-state index contributed by atoms with van der Waals surface area (Å²) in [6, 6.07) is 0. The third kappa shape index (κ3) is 2.92. The van der Waals surface area contributed by atoms with Gasteiger partial charge in [0.2, 0.25) is 0 Å². The first-order chi connectivity index (χ1) is 7.17. The van der Waals surface area contributed by atoms with Crippen LogP contribution in [-0.4, -0.2) is 26.2 Å². The highest BCUT2D eigenvalue weighted by molar-refractivity contribution is 6.18. The Morgan fingerprint density at radius 1 is 1.47 bits per heavy atom. The fraction of sp³-hybridized carbons (Fsp3) is 0.800. The minimum absolute atomic E-state index is 0.0213. The molecule has 15 heavy (non-hydrogen) atoms. The Hall–Kier alpha value is -0.610. The maximum Gasteiger partial charge on any atom is 0.140 e. The van der Waals surface area contributed by atoms with Gasteiger partial charge in [-0.25, -0.2) is 4.98 Å². The lowest BCUT2D eigenvalue weighted by molar-refractivity contribution is 0.328. The van der Waals surface area contributed by atoms with Gasteiger partial charge in [-0.1, -0.05) is 13.8 Å². The van der Waals surface area contributed by atoms with E-state index in [0.717, 1.165) is 18.7 Å². The molecule has 0 saturated carbocycles. The molecule has 0 unspecified atom stereocenters. The Balaban J connectivity index is 2.58. The second-order valence-electron chi connectivity index (χ2n) is 3.77. The van der Waals surface area contributed by atoms with E-state index in [1.165, 1.54) is 0 Å². The number of aromatic nitrogens is 3. The highest BCUT2D eigenvalue weighted by Gasteiger charge is 2.24. The summed E-state index contributed by atoms with van der Waals surface area (Å²) in [6.45, 7) is 5.01. The lowest BCUT2D eigenvalue weighted by atomic mass is 9.95. The van der Waals surface area contributed by atoms with E-state index in [1.54, 1.807) is 11.0 Å². The molecule has 0 aromatic carbocycles. The number of nitrogens with one attached hydrogen (secondary N) is 1. The van der Waals surface area contributed by atoms with Crippen LogP contribution in [0.4, 0.5) is 0 Å². The van der Waals surface area contributed by atoms with E-state index in [2.05, 4.69) is 29.2 Å². The summed E-state index contributed by atoms with van der Waals surface area (Å²) < 4.78 is 1.78. The van der Waals surface area contributed by atoms with Crippen molar-refractivity contribution in [3.8, 4) is 0 Å². The van der Waals surface area contributed by atoms with Crippen molar-refractivity contribution >= 4 is 11.6 Å². The molecule has 0 radical (unpaired) electrons. The zero-order chi connectivity index (χ0) is 11.3. The second kappa shape index (κ2) is 5.47. The monoisotopic (exact) mass is 230 g/mol. The van der Waals surface area contributed by atoms with E-state index in [-0.39, 0.29) is 5.54 Å². The average molecular weight is 231 g/mol. The summed E-state index contributed by atoms with van der Waals surface area (Å²) >= 11 is 6.00. The summed E-state index contributed by atoms with van der Waals surface area (Å²) in [7, 11) is 1.89. The fourth-order valence-corrected chi connectivity index (χ4v) is 1.96. The van der Waals surface area contributed by atoms with Gasteiger partial charge >= 0.3 is 0 Å². The third-order valence-electron chi connectivity index (χ3n) is 3.04. The number of alkyl halides is 1.